The minimum Gasteiger partial charge on any atom is -0.484 e. The van der Waals surface area contributed by atoms with Gasteiger partial charge < -0.3 is 4.74 Å². The third-order valence-corrected chi connectivity index (χ3v) is 4.93. The Balaban J connectivity index is 1.54. The van der Waals surface area contributed by atoms with Gasteiger partial charge in [0.15, 0.2) is 6.61 Å². The van der Waals surface area contributed by atoms with Crippen LogP contribution in [0.25, 0.3) is 10.2 Å². The van der Waals surface area contributed by atoms with E-state index in [1.807, 2.05) is 50.2 Å². The van der Waals surface area contributed by atoms with Crippen LogP contribution in [0.5, 0.6) is 5.75 Å². The summed E-state index contributed by atoms with van der Waals surface area (Å²) >= 11 is 7.58. The van der Waals surface area contributed by atoms with Crippen molar-refractivity contribution in [1.82, 2.24) is 10.4 Å². The lowest BCUT2D eigenvalue weighted by atomic mass is 10.1. The minimum atomic E-state index is -0.292. The molecule has 0 saturated heterocycles. The summed E-state index contributed by atoms with van der Waals surface area (Å²) in [6.45, 7) is 3.70. The molecule has 0 bridgehead atoms. The van der Waals surface area contributed by atoms with E-state index >= 15 is 0 Å². The number of halogens is 1. The monoisotopic (exact) mass is 361 g/mol. The van der Waals surface area contributed by atoms with Crippen LogP contribution < -0.4 is 15.6 Å². The number of para-hydroxylation sites is 1. The van der Waals surface area contributed by atoms with E-state index in [9.17, 15) is 4.79 Å². The normalized spacial score (nSPS) is 10.6. The van der Waals surface area contributed by atoms with Crippen LogP contribution in [0.15, 0.2) is 36.4 Å². The molecule has 0 fully saturated rings. The smallest absolute Gasteiger partial charge is 0.276 e. The van der Waals surface area contributed by atoms with Crippen molar-refractivity contribution in [3.05, 3.63) is 52.5 Å². The number of thiazole rings is 1. The molecule has 2 N–H and O–H groups in total. The van der Waals surface area contributed by atoms with Crippen LogP contribution in [0.4, 0.5) is 5.13 Å². The first-order valence-electron chi connectivity index (χ1n) is 7.33. The molecule has 0 aliphatic heterocycles. The number of nitrogens with zero attached hydrogens (tertiary/aromatic N) is 1. The minimum absolute atomic E-state index is 0.0988. The van der Waals surface area contributed by atoms with E-state index in [0.29, 0.717) is 15.9 Å². The Kier molecular flexibility index (Phi) is 4.87. The van der Waals surface area contributed by atoms with Gasteiger partial charge in [-0.25, -0.2) is 4.98 Å². The lowest BCUT2D eigenvalue weighted by Gasteiger charge is -2.10. The van der Waals surface area contributed by atoms with E-state index in [1.165, 1.54) is 11.3 Å². The fraction of sp³-hybridized carbons (Fsp3) is 0.176. The van der Waals surface area contributed by atoms with Crippen molar-refractivity contribution < 1.29 is 9.53 Å². The van der Waals surface area contributed by atoms with Gasteiger partial charge >= 0.3 is 0 Å². The fourth-order valence-corrected chi connectivity index (χ4v) is 3.15. The maximum absolute atomic E-state index is 11.9. The second-order valence-electron chi connectivity index (χ2n) is 5.32. The van der Waals surface area contributed by atoms with Crippen molar-refractivity contribution in [1.29, 1.82) is 0 Å². The summed E-state index contributed by atoms with van der Waals surface area (Å²) in [4.78, 5) is 16.3. The van der Waals surface area contributed by atoms with E-state index in [2.05, 4.69) is 15.8 Å². The Hall–Kier alpha value is -2.31. The fourth-order valence-electron chi connectivity index (χ4n) is 2.22. The number of aromatic nitrogens is 1. The molecule has 0 aliphatic carbocycles. The number of carbonyl (C=O) groups excluding carboxylic acids is 1. The van der Waals surface area contributed by atoms with Gasteiger partial charge in [-0.3, -0.25) is 15.6 Å². The quantitative estimate of drug-likeness (QED) is 0.672. The molecule has 3 aromatic rings. The van der Waals surface area contributed by atoms with Crippen molar-refractivity contribution in [2.24, 2.45) is 0 Å². The van der Waals surface area contributed by atoms with Crippen LogP contribution >= 0.6 is 22.9 Å². The summed E-state index contributed by atoms with van der Waals surface area (Å²) in [7, 11) is 0. The number of hydrogen-bond donors (Lipinski definition) is 2. The van der Waals surface area contributed by atoms with Crippen molar-refractivity contribution >= 4 is 44.2 Å². The molecule has 1 amide bonds. The van der Waals surface area contributed by atoms with Gasteiger partial charge in [-0.1, -0.05) is 35.1 Å². The molecule has 124 valence electrons. The highest BCUT2D eigenvalue weighted by molar-refractivity contribution is 7.22. The Bertz CT molecular complexity index is 838. The molecule has 5 nitrogen and oxygen atoms in total. The SMILES string of the molecule is Cc1cc(OCC(=O)NNc2nc3ccccc3s2)cc(C)c1Cl. The first kappa shape index (κ1) is 16.5. The summed E-state index contributed by atoms with van der Waals surface area (Å²) in [6, 6.07) is 11.4. The number of aryl methyl sites for hydroxylation is 2. The van der Waals surface area contributed by atoms with Crippen LogP contribution in [0, 0.1) is 13.8 Å². The predicted molar refractivity (Wildman–Crippen MR) is 97.8 cm³/mol. The molecule has 3 rings (SSSR count). The number of hydrazine groups is 1. The highest BCUT2D eigenvalue weighted by atomic mass is 35.5. The molecular formula is C17H16ClN3O2S. The van der Waals surface area contributed by atoms with Gasteiger partial charge in [0.05, 0.1) is 10.2 Å². The summed E-state index contributed by atoms with van der Waals surface area (Å²) < 4.78 is 6.56. The maximum Gasteiger partial charge on any atom is 0.276 e. The summed E-state index contributed by atoms with van der Waals surface area (Å²) in [6.07, 6.45) is 0. The molecule has 0 unspecified atom stereocenters. The Morgan fingerprint density at radius 1 is 1.25 bits per heavy atom. The lowest BCUT2D eigenvalue weighted by molar-refractivity contribution is -0.122. The molecular weight excluding hydrogens is 346 g/mol. The van der Waals surface area contributed by atoms with Gasteiger partial charge in [0, 0.05) is 5.02 Å². The second kappa shape index (κ2) is 7.07. The first-order chi connectivity index (χ1) is 11.5. The van der Waals surface area contributed by atoms with E-state index in [1.54, 1.807) is 0 Å². The zero-order chi connectivity index (χ0) is 17.1. The van der Waals surface area contributed by atoms with Gasteiger partial charge in [0.1, 0.15) is 5.75 Å². The molecule has 24 heavy (non-hydrogen) atoms. The number of ether oxygens (including phenoxy) is 1. The average Bonchev–Trinajstić information content (AvgIpc) is 2.98. The molecule has 0 atom stereocenters. The number of amides is 1. The van der Waals surface area contributed by atoms with E-state index < -0.39 is 0 Å². The number of benzene rings is 2. The standard InChI is InChI=1S/C17H16ClN3O2S/c1-10-7-12(8-11(2)16(10)18)23-9-15(22)20-21-17-19-13-5-3-4-6-14(13)24-17/h3-8H,9H2,1-2H3,(H,19,21)(H,20,22). The Morgan fingerprint density at radius 3 is 2.67 bits per heavy atom. The second-order valence-corrected chi connectivity index (χ2v) is 6.73. The average molecular weight is 362 g/mol. The third-order valence-electron chi connectivity index (χ3n) is 3.38. The molecule has 0 spiro atoms. The maximum atomic E-state index is 11.9. The topological polar surface area (TPSA) is 63.2 Å². The summed E-state index contributed by atoms with van der Waals surface area (Å²) in [5.74, 6) is 0.323. The van der Waals surface area contributed by atoms with Gasteiger partial charge in [-0.05, 0) is 49.2 Å². The molecule has 0 saturated carbocycles. The summed E-state index contributed by atoms with van der Waals surface area (Å²) in [5, 5.41) is 1.34. The molecule has 2 aromatic carbocycles. The number of rotatable bonds is 5. The van der Waals surface area contributed by atoms with Gasteiger partial charge in [0.2, 0.25) is 5.13 Å². The molecule has 1 heterocycles. The summed E-state index contributed by atoms with van der Waals surface area (Å²) in [5.41, 5.74) is 8.11. The number of nitrogens with one attached hydrogen (secondary N) is 2. The van der Waals surface area contributed by atoms with Crippen LogP contribution in [0.2, 0.25) is 5.02 Å². The number of anilines is 1. The van der Waals surface area contributed by atoms with E-state index in [0.717, 1.165) is 21.3 Å². The largest absolute Gasteiger partial charge is 0.484 e. The van der Waals surface area contributed by atoms with Crippen molar-refractivity contribution in [2.75, 3.05) is 12.0 Å². The zero-order valence-electron chi connectivity index (χ0n) is 13.2. The van der Waals surface area contributed by atoms with Crippen molar-refractivity contribution in [3.8, 4) is 5.75 Å². The first-order valence-corrected chi connectivity index (χ1v) is 8.52. The Labute approximate surface area is 148 Å². The van der Waals surface area contributed by atoms with E-state index in [4.69, 9.17) is 16.3 Å². The Morgan fingerprint density at radius 2 is 1.96 bits per heavy atom. The van der Waals surface area contributed by atoms with Crippen LogP contribution in [0.1, 0.15) is 11.1 Å². The van der Waals surface area contributed by atoms with Crippen LogP contribution in [-0.2, 0) is 4.79 Å². The molecule has 1 aromatic heterocycles. The van der Waals surface area contributed by atoms with Gasteiger partial charge in [-0.2, -0.15) is 0 Å². The molecule has 0 radical (unpaired) electrons. The number of carbonyl (C=O) groups is 1. The lowest BCUT2D eigenvalue weighted by Crippen LogP contribution is -2.33. The third kappa shape index (κ3) is 3.77. The number of fused-ring (bicyclic) bond motifs is 1. The van der Waals surface area contributed by atoms with Crippen molar-refractivity contribution in [3.63, 3.8) is 0 Å². The van der Waals surface area contributed by atoms with Crippen LogP contribution in [0.3, 0.4) is 0 Å². The zero-order valence-corrected chi connectivity index (χ0v) is 14.8. The highest BCUT2D eigenvalue weighted by Crippen LogP contribution is 2.26. The number of hydrogen-bond acceptors (Lipinski definition) is 5. The van der Waals surface area contributed by atoms with Gasteiger partial charge in [-0.15, -0.1) is 0 Å². The molecule has 7 heteroatoms. The van der Waals surface area contributed by atoms with Gasteiger partial charge in [0.25, 0.3) is 5.91 Å². The van der Waals surface area contributed by atoms with Crippen LogP contribution in [-0.4, -0.2) is 17.5 Å². The van der Waals surface area contributed by atoms with Crippen molar-refractivity contribution in [2.45, 2.75) is 13.8 Å². The van der Waals surface area contributed by atoms with E-state index in [-0.39, 0.29) is 12.5 Å². The highest BCUT2D eigenvalue weighted by Gasteiger charge is 2.08. The predicted octanol–water partition coefficient (Wildman–Crippen LogP) is 4.09. The molecule has 0 aliphatic rings.